The van der Waals surface area contributed by atoms with Gasteiger partial charge in [-0.2, -0.15) is 4.98 Å². The number of nitrogens with zero attached hydrogens (tertiary/aromatic N) is 4. The molecule has 9 heteroatoms. The van der Waals surface area contributed by atoms with Gasteiger partial charge in [0.25, 0.3) is 5.89 Å². The molecule has 3 aromatic rings. The van der Waals surface area contributed by atoms with Crippen LogP contribution in [0.3, 0.4) is 0 Å². The van der Waals surface area contributed by atoms with Crippen LogP contribution in [-0.2, 0) is 0 Å². The van der Waals surface area contributed by atoms with Gasteiger partial charge < -0.3 is 14.3 Å². The zero-order valence-corrected chi connectivity index (χ0v) is 14.1. The largest absolute Gasteiger partial charge is 0.462 e. The van der Waals surface area contributed by atoms with Gasteiger partial charge in [0.2, 0.25) is 0 Å². The first-order valence-electron chi connectivity index (χ1n) is 7.06. The fourth-order valence-electron chi connectivity index (χ4n) is 2.45. The van der Waals surface area contributed by atoms with Gasteiger partial charge in [-0.1, -0.05) is 5.16 Å². The highest BCUT2D eigenvalue weighted by Gasteiger charge is 2.26. The van der Waals surface area contributed by atoms with E-state index in [2.05, 4.69) is 32.4 Å². The predicted octanol–water partition coefficient (Wildman–Crippen LogP) is 2.45. The number of furan rings is 1. The molecule has 1 fully saturated rings. The van der Waals surface area contributed by atoms with Crippen molar-refractivity contribution in [1.29, 1.82) is 0 Å². The molecule has 1 aliphatic rings. The SMILES string of the molecule is CN1CCNCC1c1noc(-c2cnc(-c3ccco3)s2)n1.Cl. The smallest absolute Gasteiger partial charge is 0.269 e. The standard InChI is InChI=1S/C14H15N5O2S.ClH/c1-19-5-4-15-7-9(19)12-17-13(21-18-12)11-8-16-14(22-11)10-3-2-6-20-10;/h2-3,6,8-9,15H,4-5,7H2,1H3;1H. The zero-order valence-electron chi connectivity index (χ0n) is 12.4. The van der Waals surface area contributed by atoms with Crippen molar-refractivity contribution in [2.24, 2.45) is 0 Å². The van der Waals surface area contributed by atoms with E-state index < -0.39 is 0 Å². The second kappa shape index (κ2) is 6.79. The number of halogens is 1. The van der Waals surface area contributed by atoms with Crippen LogP contribution in [0.15, 0.2) is 33.5 Å². The molecule has 23 heavy (non-hydrogen) atoms. The van der Waals surface area contributed by atoms with Gasteiger partial charge in [-0.3, -0.25) is 4.90 Å². The minimum absolute atomic E-state index is 0. The molecule has 0 radical (unpaired) electrons. The van der Waals surface area contributed by atoms with Crippen molar-refractivity contribution in [2.45, 2.75) is 6.04 Å². The van der Waals surface area contributed by atoms with Crippen LogP contribution < -0.4 is 5.32 Å². The Kier molecular flexibility index (Phi) is 4.76. The van der Waals surface area contributed by atoms with E-state index in [1.54, 1.807) is 12.5 Å². The second-order valence-electron chi connectivity index (χ2n) is 5.17. The number of hydrogen-bond donors (Lipinski definition) is 1. The molecule has 0 bridgehead atoms. The van der Waals surface area contributed by atoms with E-state index in [0.29, 0.717) is 11.7 Å². The lowest BCUT2D eigenvalue weighted by Gasteiger charge is -2.30. The van der Waals surface area contributed by atoms with Crippen LogP contribution in [0.1, 0.15) is 11.9 Å². The summed E-state index contributed by atoms with van der Waals surface area (Å²) in [6, 6.07) is 3.86. The monoisotopic (exact) mass is 353 g/mol. The van der Waals surface area contributed by atoms with Crippen molar-refractivity contribution in [3.63, 3.8) is 0 Å². The average Bonchev–Trinajstić information content (AvgIpc) is 3.27. The highest BCUT2D eigenvalue weighted by molar-refractivity contribution is 7.18. The molecule has 1 saturated heterocycles. The van der Waals surface area contributed by atoms with Crippen LogP contribution in [0, 0.1) is 0 Å². The summed E-state index contributed by atoms with van der Waals surface area (Å²) in [5.41, 5.74) is 0. The number of rotatable bonds is 3. The lowest BCUT2D eigenvalue weighted by atomic mass is 10.2. The van der Waals surface area contributed by atoms with E-state index >= 15 is 0 Å². The summed E-state index contributed by atoms with van der Waals surface area (Å²) >= 11 is 1.47. The Morgan fingerprint density at radius 2 is 2.35 bits per heavy atom. The predicted molar refractivity (Wildman–Crippen MR) is 88.6 cm³/mol. The molecule has 0 saturated carbocycles. The Balaban J connectivity index is 0.00000156. The maximum absolute atomic E-state index is 5.41. The maximum Gasteiger partial charge on any atom is 0.269 e. The molecule has 1 atom stereocenters. The number of thiazole rings is 1. The van der Waals surface area contributed by atoms with Crippen LogP contribution in [0.2, 0.25) is 0 Å². The fraction of sp³-hybridized carbons (Fsp3) is 0.357. The maximum atomic E-state index is 5.41. The summed E-state index contributed by atoms with van der Waals surface area (Å²) < 4.78 is 10.8. The highest BCUT2D eigenvalue weighted by Crippen LogP contribution is 2.32. The van der Waals surface area contributed by atoms with E-state index in [4.69, 9.17) is 8.94 Å². The van der Waals surface area contributed by atoms with Gasteiger partial charge in [-0.25, -0.2) is 4.98 Å². The van der Waals surface area contributed by atoms with Crippen LogP contribution in [0.5, 0.6) is 0 Å². The normalized spacial score (nSPS) is 18.7. The molecule has 4 rings (SSSR count). The molecule has 0 amide bonds. The minimum Gasteiger partial charge on any atom is -0.462 e. The molecule has 1 N–H and O–H groups in total. The molecule has 3 aromatic heterocycles. The summed E-state index contributed by atoms with van der Waals surface area (Å²) in [6.45, 7) is 2.78. The van der Waals surface area contributed by atoms with Crippen LogP contribution >= 0.6 is 23.7 Å². The molecule has 1 aliphatic heterocycles. The molecule has 122 valence electrons. The quantitative estimate of drug-likeness (QED) is 0.774. The number of aromatic nitrogens is 3. The Bertz CT molecular complexity index is 757. The Labute approximate surface area is 143 Å². The molecular formula is C14H16ClN5O2S. The Morgan fingerprint density at radius 3 is 3.13 bits per heavy atom. The lowest BCUT2D eigenvalue weighted by Crippen LogP contribution is -2.44. The third-order valence-electron chi connectivity index (χ3n) is 3.70. The van der Waals surface area contributed by atoms with E-state index in [1.165, 1.54) is 11.3 Å². The fourth-order valence-corrected chi connectivity index (χ4v) is 3.26. The van der Waals surface area contributed by atoms with Gasteiger partial charge in [0.15, 0.2) is 16.6 Å². The van der Waals surface area contributed by atoms with Crippen molar-refractivity contribution in [3.8, 4) is 21.5 Å². The summed E-state index contributed by atoms with van der Waals surface area (Å²) in [5, 5.41) is 8.28. The average molecular weight is 354 g/mol. The first-order valence-corrected chi connectivity index (χ1v) is 7.87. The first kappa shape index (κ1) is 16.1. The number of piperazine rings is 1. The van der Waals surface area contributed by atoms with Gasteiger partial charge in [0, 0.05) is 19.6 Å². The Morgan fingerprint density at radius 1 is 1.43 bits per heavy atom. The summed E-state index contributed by atoms with van der Waals surface area (Å²) in [5.74, 6) is 1.95. The first-order chi connectivity index (χ1) is 10.8. The van der Waals surface area contributed by atoms with Crippen LogP contribution in [0.25, 0.3) is 21.5 Å². The number of likely N-dealkylation sites (N-methyl/N-ethyl adjacent to an activating group) is 1. The summed E-state index contributed by atoms with van der Waals surface area (Å²) in [4.78, 5) is 11.9. The van der Waals surface area contributed by atoms with Crippen molar-refractivity contribution in [1.82, 2.24) is 25.3 Å². The van der Waals surface area contributed by atoms with Gasteiger partial charge in [-0.15, -0.1) is 23.7 Å². The van der Waals surface area contributed by atoms with Crippen LogP contribution in [-0.4, -0.2) is 46.7 Å². The van der Waals surface area contributed by atoms with E-state index in [9.17, 15) is 0 Å². The van der Waals surface area contributed by atoms with Crippen molar-refractivity contribution >= 4 is 23.7 Å². The second-order valence-corrected chi connectivity index (χ2v) is 6.20. The minimum atomic E-state index is 0. The third kappa shape index (κ3) is 3.16. The third-order valence-corrected chi connectivity index (χ3v) is 4.70. The van der Waals surface area contributed by atoms with Gasteiger partial charge in [-0.05, 0) is 19.2 Å². The molecule has 7 nitrogen and oxygen atoms in total. The number of nitrogens with one attached hydrogen (secondary N) is 1. The number of hydrogen-bond acceptors (Lipinski definition) is 8. The lowest BCUT2D eigenvalue weighted by molar-refractivity contribution is 0.190. The van der Waals surface area contributed by atoms with Gasteiger partial charge in [0.1, 0.15) is 4.88 Å². The molecule has 0 spiro atoms. The van der Waals surface area contributed by atoms with E-state index in [1.807, 2.05) is 12.1 Å². The molecule has 4 heterocycles. The molecule has 0 aliphatic carbocycles. The van der Waals surface area contributed by atoms with Crippen LogP contribution in [0.4, 0.5) is 0 Å². The Hall–Kier alpha value is -1.74. The van der Waals surface area contributed by atoms with E-state index in [0.717, 1.165) is 35.3 Å². The highest BCUT2D eigenvalue weighted by atomic mass is 35.5. The summed E-state index contributed by atoms with van der Waals surface area (Å²) in [6.07, 6.45) is 3.37. The van der Waals surface area contributed by atoms with Crippen molar-refractivity contribution < 1.29 is 8.94 Å². The zero-order chi connectivity index (χ0) is 14.9. The topological polar surface area (TPSA) is 80.2 Å². The van der Waals surface area contributed by atoms with Gasteiger partial charge >= 0.3 is 0 Å². The van der Waals surface area contributed by atoms with E-state index in [-0.39, 0.29) is 18.4 Å². The molecule has 0 aromatic carbocycles. The summed E-state index contributed by atoms with van der Waals surface area (Å²) in [7, 11) is 2.07. The molecule has 1 unspecified atom stereocenters. The van der Waals surface area contributed by atoms with Crippen molar-refractivity contribution in [2.75, 3.05) is 26.7 Å². The van der Waals surface area contributed by atoms with Gasteiger partial charge in [0.05, 0.1) is 18.5 Å². The molecular weight excluding hydrogens is 338 g/mol. The van der Waals surface area contributed by atoms with Crippen molar-refractivity contribution in [3.05, 3.63) is 30.4 Å².